The van der Waals surface area contributed by atoms with E-state index in [2.05, 4.69) is 9.88 Å². The number of likely N-dealkylation sites (tertiary alicyclic amines) is 1. The first-order chi connectivity index (χ1) is 9.70. The third-order valence-corrected chi connectivity index (χ3v) is 3.74. The van der Waals surface area contributed by atoms with Crippen LogP contribution in [0.4, 0.5) is 0 Å². The maximum atomic E-state index is 9.66. The summed E-state index contributed by atoms with van der Waals surface area (Å²) in [5.41, 5.74) is 0.926. The molecule has 1 aromatic heterocycles. The first-order valence-electron chi connectivity index (χ1n) is 6.82. The van der Waals surface area contributed by atoms with Crippen LogP contribution >= 0.6 is 11.6 Å². The van der Waals surface area contributed by atoms with E-state index in [1.54, 1.807) is 6.20 Å². The van der Waals surface area contributed by atoms with Gasteiger partial charge < -0.3 is 9.52 Å². The van der Waals surface area contributed by atoms with Crippen molar-refractivity contribution in [2.24, 2.45) is 0 Å². The van der Waals surface area contributed by atoms with Crippen molar-refractivity contribution in [2.75, 3.05) is 13.1 Å². The third-order valence-electron chi connectivity index (χ3n) is 3.50. The molecule has 5 heteroatoms. The summed E-state index contributed by atoms with van der Waals surface area (Å²) < 4.78 is 5.77. The Bertz CT molecular complexity index is 585. The molecular weight excluding hydrogens is 276 g/mol. The molecule has 1 aliphatic heterocycles. The second-order valence-corrected chi connectivity index (χ2v) is 5.60. The fourth-order valence-electron chi connectivity index (χ4n) is 2.52. The normalized spacial score (nSPS) is 20.2. The minimum absolute atomic E-state index is 0.230. The summed E-state index contributed by atoms with van der Waals surface area (Å²) in [6.07, 6.45) is 3.39. The molecule has 3 rings (SSSR count). The highest BCUT2D eigenvalue weighted by molar-refractivity contribution is 6.30. The van der Waals surface area contributed by atoms with Crippen molar-refractivity contribution < 1.29 is 9.52 Å². The lowest BCUT2D eigenvalue weighted by molar-refractivity contribution is 0.0625. The second kappa shape index (κ2) is 5.95. The largest absolute Gasteiger partial charge is 0.439 e. The second-order valence-electron chi connectivity index (χ2n) is 5.16. The molecule has 0 aliphatic carbocycles. The number of aliphatic hydroxyl groups excluding tert-OH is 1. The fraction of sp³-hybridized carbons (Fsp3) is 0.400. The quantitative estimate of drug-likeness (QED) is 0.945. The highest BCUT2D eigenvalue weighted by Gasteiger charge is 2.19. The standard InChI is InChI=1S/C15H17ClN2O2/c16-12-4-1-3-11(7-12)14-8-17-15(20-14)10-18-6-2-5-13(19)9-18/h1,3-4,7-8,13,19H,2,5-6,9-10H2. The van der Waals surface area contributed by atoms with Gasteiger partial charge in [0, 0.05) is 17.1 Å². The first-order valence-corrected chi connectivity index (χ1v) is 7.19. The van der Waals surface area contributed by atoms with Crippen LogP contribution in [0.5, 0.6) is 0 Å². The van der Waals surface area contributed by atoms with Gasteiger partial charge in [0.25, 0.3) is 0 Å². The molecule has 2 aromatic rings. The van der Waals surface area contributed by atoms with Crippen molar-refractivity contribution in [2.45, 2.75) is 25.5 Å². The average Bonchev–Trinajstić information content (AvgIpc) is 2.87. The molecule has 1 fully saturated rings. The van der Waals surface area contributed by atoms with Crippen LogP contribution in [0.1, 0.15) is 18.7 Å². The summed E-state index contributed by atoms with van der Waals surface area (Å²) in [5.74, 6) is 1.40. The van der Waals surface area contributed by atoms with Crippen LogP contribution in [0.2, 0.25) is 5.02 Å². The minimum Gasteiger partial charge on any atom is -0.439 e. The van der Waals surface area contributed by atoms with Crippen molar-refractivity contribution in [1.29, 1.82) is 0 Å². The van der Waals surface area contributed by atoms with E-state index in [4.69, 9.17) is 16.0 Å². The summed E-state index contributed by atoms with van der Waals surface area (Å²) in [7, 11) is 0. The van der Waals surface area contributed by atoms with Crippen molar-refractivity contribution in [3.63, 3.8) is 0 Å². The van der Waals surface area contributed by atoms with Gasteiger partial charge in [0.1, 0.15) is 0 Å². The number of halogens is 1. The highest BCUT2D eigenvalue weighted by atomic mass is 35.5. The van der Waals surface area contributed by atoms with Gasteiger partial charge in [-0.05, 0) is 31.5 Å². The van der Waals surface area contributed by atoms with Crippen LogP contribution < -0.4 is 0 Å². The molecule has 0 saturated carbocycles. The predicted molar refractivity (Wildman–Crippen MR) is 77.5 cm³/mol. The molecule has 1 atom stereocenters. The number of hydrogen-bond donors (Lipinski definition) is 1. The van der Waals surface area contributed by atoms with Crippen LogP contribution in [-0.2, 0) is 6.54 Å². The Morgan fingerprint density at radius 1 is 1.45 bits per heavy atom. The van der Waals surface area contributed by atoms with Gasteiger partial charge in [0.05, 0.1) is 18.8 Å². The van der Waals surface area contributed by atoms with E-state index in [-0.39, 0.29) is 6.10 Å². The third kappa shape index (κ3) is 3.20. The van der Waals surface area contributed by atoms with Crippen LogP contribution in [0, 0.1) is 0 Å². The topological polar surface area (TPSA) is 49.5 Å². The van der Waals surface area contributed by atoms with Gasteiger partial charge in [-0.15, -0.1) is 0 Å². The smallest absolute Gasteiger partial charge is 0.209 e. The molecule has 1 N–H and O–H groups in total. The summed E-state index contributed by atoms with van der Waals surface area (Å²) in [5, 5.41) is 10.3. The Kier molecular flexibility index (Phi) is 4.05. The van der Waals surface area contributed by atoms with Crippen LogP contribution in [0.25, 0.3) is 11.3 Å². The van der Waals surface area contributed by atoms with E-state index in [0.29, 0.717) is 24.0 Å². The molecule has 1 saturated heterocycles. The lowest BCUT2D eigenvalue weighted by Gasteiger charge is -2.28. The predicted octanol–water partition coefficient (Wildman–Crippen LogP) is 2.95. The Balaban J connectivity index is 1.70. The number of piperidine rings is 1. The number of aromatic nitrogens is 1. The number of hydrogen-bond acceptors (Lipinski definition) is 4. The summed E-state index contributed by atoms with van der Waals surface area (Å²) in [6.45, 7) is 2.30. The molecule has 1 aliphatic rings. The zero-order chi connectivity index (χ0) is 13.9. The summed E-state index contributed by atoms with van der Waals surface area (Å²) in [4.78, 5) is 6.48. The molecule has 0 amide bonds. The zero-order valence-corrected chi connectivity index (χ0v) is 11.9. The Morgan fingerprint density at radius 3 is 3.15 bits per heavy atom. The monoisotopic (exact) mass is 292 g/mol. The van der Waals surface area contributed by atoms with Gasteiger partial charge in [-0.1, -0.05) is 23.7 Å². The molecule has 1 unspecified atom stereocenters. The minimum atomic E-state index is -0.230. The van der Waals surface area contributed by atoms with Gasteiger partial charge in [-0.2, -0.15) is 0 Å². The van der Waals surface area contributed by atoms with Crippen molar-refractivity contribution in [1.82, 2.24) is 9.88 Å². The molecule has 0 bridgehead atoms. The Morgan fingerprint density at radius 2 is 2.35 bits per heavy atom. The average molecular weight is 293 g/mol. The van der Waals surface area contributed by atoms with E-state index in [0.717, 1.165) is 30.7 Å². The molecule has 106 valence electrons. The number of rotatable bonds is 3. The van der Waals surface area contributed by atoms with E-state index in [1.165, 1.54) is 0 Å². The van der Waals surface area contributed by atoms with Crippen molar-refractivity contribution >= 4 is 11.6 Å². The Labute approximate surface area is 123 Å². The molecule has 1 aromatic carbocycles. The molecule has 0 spiro atoms. The maximum absolute atomic E-state index is 9.66. The fourth-order valence-corrected chi connectivity index (χ4v) is 2.71. The lowest BCUT2D eigenvalue weighted by atomic mass is 10.1. The summed E-state index contributed by atoms with van der Waals surface area (Å²) in [6, 6.07) is 7.52. The van der Waals surface area contributed by atoms with Crippen LogP contribution in [0.15, 0.2) is 34.9 Å². The molecule has 2 heterocycles. The van der Waals surface area contributed by atoms with Gasteiger partial charge >= 0.3 is 0 Å². The van der Waals surface area contributed by atoms with Crippen molar-refractivity contribution in [3.8, 4) is 11.3 Å². The number of aliphatic hydroxyl groups is 1. The Hall–Kier alpha value is -1.36. The molecule has 4 nitrogen and oxygen atoms in total. The van der Waals surface area contributed by atoms with E-state index in [1.807, 2.05) is 24.3 Å². The summed E-state index contributed by atoms with van der Waals surface area (Å²) >= 11 is 5.98. The lowest BCUT2D eigenvalue weighted by Crippen LogP contribution is -2.37. The number of oxazole rings is 1. The molecule has 20 heavy (non-hydrogen) atoms. The first kappa shape index (κ1) is 13.6. The van der Waals surface area contributed by atoms with Crippen LogP contribution in [0.3, 0.4) is 0 Å². The van der Waals surface area contributed by atoms with E-state index in [9.17, 15) is 5.11 Å². The van der Waals surface area contributed by atoms with Gasteiger partial charge in [0.15, 0.2) is 5.76 Å². The van der Waals surface area contributed by atoms with Crippen LogP contribution in [-0.4, -0.2) is 34.2 Å². The SMILES string of the molecule is OC1CCCN(Cc2ncc(-c3cccc(Cl)c3)o2)C1. The number of β-amino-alcohol motifs (C(OH)–C–C–N with tert-alkyl or cyclic N) is 1. The highest BCUT2D eigenvalue weighted by Crippen LogP contribution is 2.24. The van der Waals surface area contributed by atoms with E-state index >= 15 is 0 Å². The molecular formula is C15H17ClN2O2. The van der Waals surface area contributed by atoms with Gasteiger partial charge in [-0.25, -0.2) is 4.98 Å². The zero-order valence-electron chi connectivity index (χ0n) is 11.1. The van der Waals surface area contributed by atoms with E-state index < -0.39 is 0 Å². The number of nitrogens with zero attached hydrogens (tertiary/aromatic N) is 2. The molecule has 0 radical (unpaired) electrons. The van der Waals surface area contributed by atoms with Gasteiger partial charge in [-0.3, -0.25) is 4.90 Å². The van der Waals surface area contributed by atoms with Crippen molar-refractivity contribution in [3.05, 3.63) is 41.4 Å². The van der Waals surface area contributed by atoms with Gasteiger partial charge in [0.2, 0.25) is 5.89 Å². The number of benzene rings is 1. The maximum Gasteiger partial charge on any atom is 0.209 e.